The zero-order chi connectivity index (χ0) is 12.4. The van der Waals surface area contributed by atoms with Gasteiger partial charge in [-0.25, -0.2) is 4.39 Å². The van der Waals surface area contributed by atoms with Crippen LogP contribution in [0.25, 0.3) is 0 Å². The largest absolute Gasteiger partial charge is 0.483 e. The lowest BCUT2D eigenvalue weighted by atomic mass is 9.82. The number of ether oxygens (including phenoxy) is 1. The van der Waals surface area contributed by atoms with Crippen molar-refractivity contribution in [1.82, 2.24) is 0 Å². The molecule has 0 aromatic heterocycles. The lowest BCUT2D eigenvalue weighted by Gasteiger charge is -2.34. The minimum absolute atomic E-state index is 0.0484. The lowest BCUT2D eigenvalue weighted by Crippen LogP contribution is -2.37. The van der Waals surface area contributed by atoms with E-state index in [4.69, 9.17) is 10.5 Å². The molecule has 17 heavy (non-hydrogen) atoms. The summed E-state index contributed by atoms with van der Waals surface area (Å²) >= 11 is 0. The summed E-state index contributed by atoms with van der Waals surface area (Å²) in [4.78, 5) is 10.1. The first-order valence-electron chi connectivity index (χ1n) is 5.41. The molecule has 0 radical (unpaired) electrons. The monoisotopic (exact) mass is 240 g/mol. The molecule has 1 fully saturated rings. The molecule has 2 rings (SSSR count). The predicted octanol–water partition coefficient (Wildman–Crippen LogP) is 1.85. The molecule has 1 aliphatic rings. The van der Waals surface area contributed by atoms with Crippen LogP contribution in [0.15, 0.2) is 18.2 Å². The van der Waals surface area contributed by atoms with E-state index in [9.17, 15) is 14.5 Å². The van der Waals surface area contributed by atoms with Crippen molar-refractivity contribution in [3.8, 4) is 5.75 Å². The van der Waals surface area contributed by atoms with E-state index in [1.54, 1.807) is 0 Å². The molecule has 0 atom stereocenters. The van der Waals surface area contributed by atoms with Crippen LogP contribution in [0.3, 0.4) is 0 Å². The Morgan fingerprint density at radius 2 is 2.24 bits per heavy atom. The maximum Gasteiger partial charge on any atom is 0.313 e. The third-order valence-electron chi connectivity index (χ3n) is 2.94. The SMILES string of the molecule is NCC1CC(Oc2ccc(F)cc2[N+](=O)[O-])C1. The van der Waals surface area contributed by atoms with Crippen molar-refractivity contribution in [3.05, 3.63) is 34.1 Å². The van der Waals surface area contributed by atoms with Gasteiger partial charge in [-0.1, -0.05) is 0 Å². The first-order chi connectivity index (χ1) is 8.10. The maximum atomic E-state index is 12.9. The van der Waals surface area contributed by atoms with Gasteiger partial charge < -0.3 is 10.5 Å². The first kappa shape index (κ1) is 11.8. The van der Waals surface area contributed by atoms with Crippen LogP contribution in [0.5, 0.6) is 5.75 Å². The van der Waals surface area contributed by atoms with Crippen molar-refractivity contribution in [3.63, 3.8) is 0 Å². The van der Waals surface area contributed by atoms with Gasteiger partial charge in [0.2, 0.25) is 0 Å². The number of nitrogens with two attached hydrogens (primary N) is 1. The number of benzene rings is 1. The third-order valence-corrected chi connectivity index (χ3v) is 2.94. The molecule has 1 aliphatic carbocycles. The molecule has 0 amide bonds. The van der Waals surface area contributed by atoms with Crippen LogP contribution in [0.4, 0.5) is 10.1 Å². The second-order valence-corrected chi connectivity index (χ2v) is 4.18. The number of hydrogen-bond acceptors (Lipinski definition) is 4. The highest BCUT2D eigenvalue weighted by atomic mass is 19.1. The molecule has 92 valence electrons. The average Bonchev–Trinajstić information content (AvgIpc) is 2.24. The van der Waals surface area contributed by atoms with E-state index in [0.29, 0.717) is 12.5 Å². The zero-order valence-corrected chi connectivity index (χ0v) is 9.14. The normalized spacial score (nSPS) is 22.9. The Morgan fingerprint density at radius 3 is 2.82 bits per heavy atom. The highest BCUT2D eigenvalue weighted by molar-refractivity contribution is 5.46. The van der Waals surface area contributed by atoms with Gasteiger partial charge in [-0.15, -0.1) is 0 Å². The first-order valence-corrected chi connectivity index (χ1v) is 5.41. The van der Waals surface area contributed by atoms with Crippen molar-refractivity contribution in [2.75, 3.05) is 6.54 Å². The van der Waals surface area contributed by atoms with Crippen molar-refractivity contribution in [1.29, 1.82) is 0 Å². The summed E-state index contributed by atoms with van der Waals surface area (Å²) < 4.78 is 18.3. The van der Waals surface area contributed by atoms with Crippen LogP contribution in [0.1, 0.15) is 12.8 Å². The van der Waals surface area contributed by atoms with Crippen LogP contribution < -0.4 is 10.5 Å². The second kappa shape index (κ2) is 4.67. The smallest absolute Gasteiger partial charge is 0.313 e. The number of nitro groups is 1. The molecule has 0 bridgehead atoms. The molecule has 0 aliphatic heterocycles. The van der Waals surface area contributed by atoms with Gasteiger partial charge in [-0.2, -0.15) is 0 Å². The van der Waals surface area contributed by atoms with Gasteiger partial charge in [0, 0.05) is 0 Å². The number of hydrogen-bond donors (Lipinski definition) is 1. The molecule has 5 nitrogen and oxygen atoms in total. The molecule has 2 N–H and O–H groups in total. The van der Waals surface area contributed by atoms with Gasteiger partial charge in [0.1, 0.15) is 5.82 Å². The maximum absolute atomic E-state index is 12.9. The Balaban J connectivity index is 2.08. The van der Waals surface area contributed by atoms with Gasteiger partial charge in [0.25, 0.3) is 0 Å². The summed E-state index contributed by atoms with van der Waals surface area (Å²) in [5.41, 5.74) is 5.14. The number of nitro benzene ring substituents is 1. The molecular formula is C11H13FN2O3. The molecule has 0 unspecified atom stereocenters. The van der Waals surface area contributed by atoms with E-state index in [1.807, 2.05) is 0 Å². The van der Waals surface area contributed by atoms with Crippen LogP contribution in [-0.2, 0) is 0 Å². The van der Waals surface area contributed by atoms with Crippen molar-refractivity contribution in [2.24, 2.45) is 11.7 Å². The summed E-state index contributed by atoms with van der Waals surface area (Å²) in [5, 5.41) is 10.7. The average molecular weight is 240 g/mol. The minimum Gasteiger partial charge on any atom is -0.483 e. The summed E-state index contributed by atoms with van der Waals surface area (Å²) in [6, 6.07) is 3.32. The highest BCUT2D eigenvalue weighted by Crippen LogP contribution is 2.34. The molecule has 1 aromatic carbocycles. The molecule has 6 heteroatoms. The van der Waals surface area contributed by atoms with E-state index in [-0.39, 0.29) is 17.5 Å². The minimum atomic E-state index is -0.641. The second-order valence-electron chi connectivity index (χ2n) is 4.18. The Bertz CT molecular complexity index is 433. The fourth-order valence-corrected chi connectivity index (χ4v) is 1.88. The van der Waals surface area contributed by atoms with Crippen molar-refractivity contribution in [2.45, 2.75) is 18.9 Å². The molecular weight excluding hydrogens is 227 g/mol. The number of halogens is 1. The topological polar surface area (TPSA) is 78.4 Å². The highest BCUT2D eigenvalue weighted by Gasteiger charge is 2.31. The number of nitrogens with zero attached hydrogens (tertiary/aromatic N) is 1. The van der Waals surface area contributed by atoms with Crippen LogP contribution in [-0.4, -0.2) is 17.6 Å². The van der Waals surface area contributed by atoms with E-state index in [2.05, 4.69) is 0 Å². The van der Waals surface area contributed by atoms with Crippen molar-refractivity contribution < 1.29 is 14.1 Å². The zero-order valence-electron chi connectivity index (χ0n) is 9.14. The standard InChI is InChI=1S/C11H13FN2O3/c12-8-1-2-11(10(5-8)14(15)16)17-9-3-7(4-9)6-13/h1-2,5,7,9H,3-4,6,13H2. The predicted molar refractivity (Wildman–Crippen MR) is 59.2 cm³/mol. The van der Waals surface area contributed by atoms with Gasteiger partial charge in [-0.05, 0) is 37.4 Å². The summed E-state index contributed by atoms with van der Waals surface area (Å²) in [7, 11) is 0. The van der Waals surface area contributed by atoms with Gasteiger partial charge in [0.15, 0.2) is 5.75 Å². The van der Waals surface area contributed by atoms with E-state index in [1.165, 1.54) is 6.07 Å². The van der Waals surface area contributed by atoms with E-state index < -0.39 is 10.7 Å². The van der Waals surface area contributed by atoms with Crippen LogP contribution >= 0.6 is 0 Å². The molecule has 0 heterocycles. The van der Waals surface area contributed by atoms with Gasteiger partial charge in [-0.3, -0.25) is 10.1 Å². The van der Waals surface area contributed by atoms with Crippen molar-refractivity contribution >= 4 is 5.69 Å². The van der Waals surface area contributed by atoms with E-state index in [0.717, 1.165) is 25.0 Å². The quantitative estimate of drug-likeness (QED) is 0.643. The fourth-order valence-electron chi connectivity index (χ4n) is 1.88. The molecule has 0 saturated heterocycles. The van der Waals surface area contributed by atoms with Crippen LogP contribution in [0, 0.1) is 21.8 Å². The summed E-state index contributed by atoms with van der Waals surface area (Å²) in [6.07, 6.45) is 1.54. The Morgan fingerprint density at radius 1 is 1.53 bits per heavy atom. The molecule has 0 spiro atoms. The lowest BCUT2D eigenvalue weighted by molar-refractivity contribution is -0.386. The summed E-state index contributed by atoms with van der Waals surface area (Å²) in [6.45, 7) is 0.603. The van der Waals surface area contributed by atoms with Gasteiger partial charge in [0.05, 0.1) is 17.1 Å². The van der Waals surface area contributed by atoms with E-state index >= 15 is 0 Å². The summed E-state index contributed by atoms with van der Waals surface area (Å²) in [5.74, 6) is -0.0890. The molecule has 1 saturated carbocycles. The Hall–Kier alpha value is -1.69. The Labute approximate surface area is 97.5 Å². The fraction of sp³-hybridized carbons (Fsp3) is 0.455. The third kappa shape index (κ3) is 2.52. The molecule has 1 aromatic rings. The van der Waals surface area contributed by atoms with Crippen LogP contribution in [0.2, 0.25) is 0 Å². The van der Waals surface area contributed by atoms with Gasteiger partial charge >= 0.3 is 5.69 Å². The number of rotatable bonds is 4. The Kier molecular flexibility index (Phi) is 3.23.